The zero-order valence-electron chi connectivity index (χ0n) is 11.4. The third kappa shape index (κ3) is 6.44. The first-order valence-electron chi connectivity index (χ1n) is 6.59. The zero-order chi connectivity index (χ0) is 12.5. The highest BCUT2D eigenvalue weighted by Crippen LogP contribution is 2.04. The summed E-state index contributed by atoms with van der Waals surface area (Å²) in [4.78, 5) is 2.44. The first-order chi connectivity index (χ1) is 8.22. The number of benzene rings is 1. The van der Waals surface area contributed by atoms with Crippen LogP contribution in [0.3, 0.4) is 0 Å². The number of rotatable bonds is 8. The van der Waals surface area contributed by atoms with Gasteiger partial charge in [-0.2, -0.15) is 0 Å². The van der Waals surface area contributed by atoms with Crippen LogP contribution in [0.4, 0.5) is 0 Å². The molecular weight excluding hydrogens is 208 g/mol. The molecular formula is C15H26N2. The average Bonchev–Trinajstić information content (AvgIpc) is 2.30. The molecule has 0 bridgehead atoms. The average molecular weight is 234 g/mol. The van der Waals surface area contributed by atoms with Crippen molar-refractivity contribution in [1.82, 2.24) is 10.2 Å². The Bertz CT molecular complexity index is 284. The van der Waals surface area contributed by atoms with Gasteiger partial charge in [-0.15, -0.1) is 0 Å². The molecule has 17 heavy (non-hydrogen) atoms. The second kappa shape index (κ2) is 8.26. The third-order valence-corrected chi connectivity index (χ3v) is 3.02. The van der Waals surface area contributed by atoms with E-state index in [2.05, 4.69) is 54.5 Å². The molecule has 0 saturated heterocycles. The maximum Gasteiger partial charge on any atom is 0.00161 e. The summed E-state index contributed by atoms with van der Waals surface area (Å²) in [5.74, 6) is 0.724. The molecule has 0 spiro atoms. The Labute approximate surface area is 106 Å². The topological polar surface area (TPSA) is 15.3 Å². The van der Waals surface area contributed by atoms with E-state index in [0.29, 0.717) is 0 Å². The summed E-state index contributed by atoms with van der Waals surface area (Å²) < 4.78 is 0. The Morgan fingerprint density at radius 1 is 1.24 bits per heavy atom. The van der Waals surface area contributed by atoms with Crippen LogP contribution in [0, 0.1) is 5.92 Å². The third-order valence-electron chi connectivity index (χ3n) is 3.02. The van der Waals surface area contributed by atoms with Crippen molar-refractivity contribution in [2.45, 2.75) is 19.8 Å². The summed E-state index contributed by atoms with van der Waals surface area (Å²) in [6.07, 6.45) is 2.43. The van der Waals surface area contributed by atoms with Crippen molar-refractivity contribution in [3.63, 3.8) is 0 Å². The molecule has 0 radical (unpaired) electrons. The zero-order valence-corrected chi connectivity index (χ0v) is 11.4. The van der Waals surface area contributed by atoms with Crippen molar-refractivity contribution in [3.05, 3.63) is 35.9 Å². The summed E-state index contributed by atoms with van der Waals surface area (Å²) in [7, 11) is 4.24. The summed E-state index contributed by atoms with van der Waals surface area (Å²) in [5, 5.41) is 3.23. The second-order valence-electron chi connectivity index (χ2n) is 5.01. The van der Waals surface area contributed by atoms with Gasteiger partial charge in [-0.1, -0.05) is 37.3 Å². The Morgan fingerprint density at radius 3 is 2.59 bits per heavy atom. The smallest absolute Gasteiger partial charge is 0.00161 e. The summed E-state index contributed by atoms with van der Waals surface area (Å²) >= 11 is 0. The Balaban J connectivity index is 2.14. The predicted octanol–water partition coefficient (Wildman–Crippen LogP) is 2.41. The van der Waals surface area contributed by atoms with Crippen LogP contribution in [0.2, 0.25) is 0 Å². The van der Waals surface area contributed by atoms with Crippen LogP contribution < -0.4 is 5.32 Å². The molecule has 1 atom stereocenters. The molecule has 1 rings (SSSR count). The molecule has 2 nitrogen and oxygen atoms in total. The molecule has 0 aromatic heterocycles. The molecule has 0 amide bonds. The van der Waals surface area contributed by atoms with Gasteiger partial charge in [0, 0.05) is 6.54 Å². The van der Waals surface area contributed by atoms with Gasteiger partial charge in [0.1, 0.15) is 0 Å². The van der Waals surface area contributed by atoms with Crippen LogP contribution in [0.1, 0.15) is 18.9 Å². The van der Waals surface area contributed by atoms with Crippen molar-refractivity contribution in [1.29, 1.82) is 0 Å². The molecule has 1 N–H and O–H groups in total. The largest absolute Gasteiger partial charge is 0.319 e. The van der Waals surface area contributed by atoms with Crippen molar-refractivity contribution in [2.24, 2.45) is 5.92 Å². The molecule has 0 aliphatic carbocycles. The number of nitrogens with zero attached hydrogens (tertiary/aromatic N) is 1. The maximum atomic E-state index is 3.23. The number of aryl methyl sites for hydroxylation is 1. The van der Waals surface area contributed by atoms with Crippen LogP contribution in [-0.4, -0.2) is 38.6 Å². The number of hydrogen-bond donors (Lipinski definition) is 1. The fourth-order valence-electron chi connectivity index (χ4n) is 2.23. The minimum absolute atomic E-state index is 0.724. The van der Waals surface area contributed by atoms with Gasteiger partial charge in [0.15, 0.2) is 0 Å². The molecule has 0 saturated carbocycles. The molecule has 96 valence electrons. The highest BCUT2D eigenvalue weighted by Gasteiger charge is 2.05. The van der Waals surface area contributed by atoms with Gasteiger partial charge in [0.25, 0.3) is 0 Å². The number of nitrogens with one attached hydrogen (secondary N) is 1. The van der Waals surface area contributed by atoms with Gasteiger partial charge in [-0.25, -0.2) is 0 Å². The summed E-state index contributed by atoms with van der Waals surface area (Å²) in [5.41, 5.74) is 1.45. The lowest BCUT2D eigenvalue weighted by molar-refractivity contribution is 0.280. The van der Waals surface area contributed by atoms with E-state index in [9.17, 15) is 0 Å². The fraction of sp³-hybridized carbons (Fsp3) is 0.600. The van der Waals surface area contributed by atoms with E-state index >= 15 is 0 Å². The first-order valence-corrected chi connectivity index (χ1v) is 6.59. The molecule has 0 heterocycles. The number of hydrogen-bond acceptors (Lipinski definition) is 2. The van der Waals surface area contributed by atoms with Gasteiger partial charge in [-0.3, -0.25) is 0 Å². The van der Waals surface area contributed by atoms with Gasteiger partial charge in [0.2, 0.25) is 0 Å². The lowest BCUT2D eigenvalue weighted by Crippen LogP contribution is -2.30. The molecule has 0 aliphatic rings. The van der Waals surface area contributed by atoms with E-state index in [1.807, 2.05) is 7.05 Å². The van der Waals surface area contributed by atoms with Gasteiger partial charge < -0.3 is 10.2 Å². The lowest BCUT2D eigenvalue weighted by atomic mass is 10.1. The molecule has 1 aromatic rings. The highest BCUT2D eigenvalue weighted by atomic mass is 15.1. The quantitative estimate of drug-likeness (QED) is 0.743. The van der Waals surface area contributed by atoms with Gasteiger partial charge in [-0.05, 0) is 51.5 Å². The van der Waals surface area contributed by atoms with E-state index < -0.39 is 0 Å². The molecule has 1 unspecified atom stereocenters. The van der Waals surface area contributed by atoms with Crippen molar-refractivity contribution < 1.29 is 0 Å². The van der Waals surface area contributed by atoms with Crippen LogP contribution >= 0.6 is 0 Å². The van der Waals surface area contributed by atoms with E-state index in [-0.39, 0.29) is 0 Å². The maximum absolute atomic E-state index is 3.23. The van der Waals surface area contributed by atoms with E-state index in [4.69, 9.17) is 0 Å². The van der Waals surface area contributed by atoms with E-state index in [1.165, 1.54) is 31.5 Å². The first kappa shape index (κ1) is 14.2. The standard InChI is InChI=1S/C15H26N2/c1-14(12-16-2)13-17(3)11-7-10-15-8-5-4-6-9-15/h4-6,8-9,14,16H,7,10-13H2,1-3H3. The second-order valence-corrected chi connectivity index (χ2v) is 5.01. The van der Waals surface area contributed by atoms with Crippen LogP contribution in [0.25, 0.3) is 0 Å². The van der Waals surface area contributed by atoms with Crippen LogP contribution in [-0.2, 0) is 6.42 Å². The van der Waals surface area contributed by atoms with Gasteiger partial charge >= 0.3 is 0 Å². The monoisotopic (exact) mass is 234 g/mol. The summed E-state index contributed by atoms with van der Waals surface area (Å²) in [6, 6.07) is 10.7. The SMILES string of the molecule is CNCC(C)CN(C)CCCc1ccccc1. The molecule has 0 aliphatic heterocycles. The van der Waals surface area contributed by atoms with E-state index in [0.717, 1.165) is 12.5 Å². The minimum Gasteiger partial charge on any atom is -0.319 e. The highest BCUT2D eigenvalue weighted by molar-refractivity contribution is 5.14. The summed E-state index contributed by atoms with van der Waals surface area (Å²) in [6.45, 7) is 5.76. The fourth-order valence-corrected chi connectivity index (χ4v) is 2.23. The van der Waals surface area contributed by atoms with Crippen LogP contribution in [0.15, 0.2) is 30.3 Å². The van der Waals surface area contributed by atoms with Crippen molar-refractivity contribution >= 4 is 0 Å². The van der Waals surface area contributed by atoms with Gasteiger partial charge in [0.05, 0.1) is 0 Å². The lowest BCUT2D eigenvalue weighted by Gasteiger charge is -2.21. The Morgan fingerprint density at radius 2 is 1.94 bits per heavy atom. The molecule has 1 aromatic carbocycles. The Hall–Kier alpha value is -0.860. The molecule has 0 fully saturated rings. The minimum atomic E-state index is 0.724. The van der Waals surface area contributed by atoms with E-state index in [1.54, 1.807) is 0 Å². The normalized spacial score (nSPS) is 12.9. The molecule has 2 heteroatoms. The predicted molar refractivity (Wildman–Crippen MR) is 75.4 cm³/mol. The van der Waals surface area contributed by atoms with Crippen LogP contribution in [0.5, 0.6) is 0 Å². The van der Waals surface area contributed by atoms with Crippen molar-refractivity contribution in [2.75, 3.05) is 33.7 Å². The Kier molecular flexibility index (Phi) is 6.90. The van der Waals surface area contributed by atoms with Crippen molar-refractivity contribution in [3.8, 4) is 0 Å².